The van der Waals surface area contributed by atoms with Crippen LogP contribution in [0.3, 0.4) is 0 Å². The molecule has 1 rings (SSSR count). The van der Waals surface area contributed by atoms with E-state index < -0.39 is 0 Å². The lowest BCUT2D eigenvalue weighted by molar-refractivity contribution is 0.112. The van der Waals surface area contributed by atoms with E-state index in [1.807, 2.05) is 19.1 Å². The van der Waals surface area contributed by atoms with Gasteiger partial charge in [0.05, 0.1) is 0 Å². The van der Waals surface area contributed by atoms with Gasteiger partial charge >= 0.3 is 0 Å². The molecule has 0 atom stereocenters. The molecule has 0 unspecified atom stereocenters. The Bertz CT molecular complexity index is 296. The molecule has 0 aromatic heterocycles. The van der Waals surface area contributed by atoms with E-state index in [1.165, 1.54) is 0 Å². The van der Waals surface area contributed by atoms with Crippen LogP contribution in [0.2, 0.25) is 0 Å². The van der Waals surface area contributed by atoms with Crippen molar-refractivity contribution in [3.05, 3.63) is 31.3 Å². The van der Waals surface area contributed by atoms with E-state index >= 15 is 0 Å². The predicted octanol–water partition coefficient (Wildman–Crippen LogP) is 3.17. The molecular weight excluding hydrogens is 319 g/mol. The summed E-state index contributed by atoms with van der Waals surface area (Å²) in [7, 11) is 0. The molecule has 0 N–H and O–H groups in total. The molecule has 0 heterocycles. The topological polar surface area (TPSA) is 17.1 Å². The highest BCUT2D eigenvalue weighted by Gasteiger charge is 2.02. The molecule has 0 aliphatic rings. The Kier molecular flexibility index (Phi) is 3.06. The van der Waals surface area contributed by atoms with Gasteiger partial charge in [-0.15, -0.1) is 0 Å². The van der Waals surface area contributed by atoms with Crippen molar-refractivity contribution in [3.8, 4) is 0 Å². The highest BCUT2D eigenvalue weighted by molar-refractivity contribution is 14.1. The highest BCUT2D eigenvalue weighted by Crippen LogP contribution is 2.22. The summed E-state index contributed by atoms with van der Waals surface area (Å²) in [5.74, 6) is 0. The molecule has 0 bridgehead atoms. The Morgan fingerprint density at radius 1 is 1.55 bits per heavy atom. The lowest BCUT2D eigenvalue weighted by atomic mass is 10.2. The molecule has 0 spiro atoms. The molecule has 1 nitrogen and oxygen atoms in total. The molecule has 58 valence electrons. The van der Waals surface area contributed by atoms with Crippen molar-refractivity contribution in [2.75, 3.05) is 0 Å². The Morgan fingerprint density at radius 3 is 2.73 bits per heavy atom. The Morgan fingerprint density at radius 2 is 2.18 bits per heavy atom. The van der Waals surface area contributed by atoms with Crippen LogP contribution in [0.1, 0.15) is 15.9 Å². The Hall–Kier alpha value is 0.1000. The monoisotopic (exact) mass is 324 g/mol. The second-order valence-corrected chi connectivity index (χ2v) is 4.28. The van der Waals surface area contributed by atoms with Crippen LogP contribution in [0.15, 0.2) is 16.6 Å². The smallest absolute Gasteiger partial charge is 0.151 e. The minimum absolute atomic E-state index is 0.717. The molecule has 11 heavy (non-hydrogen) atoms. The van der Waals surface area contributed by atoms with Gasteiger partial charge in [-0.05, 0) is 63.1 Å². The van der Waals surface area contributed by atoms with E-state index in [1.54, 1.807) is 0 Å². The van der Waals surface area contributed by atoms with Gasteiger partial charge < -0.3 is 0 Å². The van der Waals surface area contributed by atoms with Crippen molar-refractivity contribution in [2.24, 2.45) is 0 Å². The first-order valence-electron chi connectivity index (χ1n) is 3.06. The zero-order valence-electron chi connectivity index (χ0n) is 5.90. The van der Waals surface area contributed by atoms with Crippen LogP contribution in [0.4, 0.5) is 0 Å². The van der Waals surface area contributed by atoms with Gasteiger partial charge in [-0.1, -0.05) is 0 Å². The number of halogens is 2. The fourth-order valence-electron chi connectivity index (χ4n) is 0.837. The number of aldehydes is 1. The van der Waals surface area contributed by atoms with Crippen LogP contribution in [0.25, 0.3) is 0 Å². The van der Waals surface area contributed by atoms with E-state index in [0.717, 1.165) is 25.5 Å². The average Bonchev–Trinajstić information content (AvgIpc) is 1.96. The van der Waals surface area contributed by atoms with Crippen molar-refractivity contribution >= 4 is 44.8 Å². The maximum absolute atomic E-state index is 10.5. The number of rotatable bonds is 1. The number of hydrogen-bond acceptors (Lipinski definition) is 1. The molecule has 1 aromatic rings. The highest BCUT2D eigenvalue weighted by atomic mass is 127. The standard InChI is InChI=1S/C8H6BrIO/c1-5-2-7(10)3-6(4-11)8(5)9/h2-4H,1H3. The van der Waals surface area contributed by atoms with Gasteiger partial charge in [0.25, 0.3) is 0 Å². The van der Waals surface area contributed by atoms with Crippen LogP contribution in [-0.4, -0.2) is 6.29 Å². The van der Waals surface area contributed by atoms with Crippen LogP contribution in [-0.2, 0) is 0 Å². The second kappa shape index (κ2) is 3.67. The molecule has 0 aliphatic carbocycles. The van der Waals surface area contributed by atoms with E-state index in [0.29, 0.717) is 0 Å². The number of benzene rings is 1. The van der Waals surface area contributed by atoms with Gasteiger partial charge in [-0.25, -0.2) is 0 Å². The number of carbonyl (C=O) groups excluding carboxylic acids is 1. The maximum atomic E-state index is 10.5. The summed E-state index contributed by atoms with van der Waals surface area (Å²) >= 11 is 5.53. The summed E-state index contributed by atoms with van der Waals surface area (Å²) in [6.45, 7) is 1.97. The molecular formula is C8H6BrIO. The first kappa shape index (κ1) is 9.19. The first-order valence-corrected chi connectivity index (χ1v) is 4.93. The largest absolute Gasteiger partial charge is 0.298 e. The molecule has 0 aliphatic heterocycles. The van der Waals surface area contributed by atoms with Crippen LogP contribution in [0, 0.1) is 10.5 Å². The predicted molar refractivity (Wildman–Crippen MR) is 57.0 cm³/mol. The number of carbonyl (C=O) groups is 1. The van der Waals surface area contributed by atoms with Gasteiger partial charge in [0.15, 0.2) is 6.29 Å². The summed E-state index contributed by atoms with van der Waals surface area (Å²) in [4.78, 5) is 10.5. The van der Waals surface area contributed by atoms with Gasteiger partial charge in [-0.3, -0.25) is 4.79 Å². The Balaban J connectivity index is 3.35. The van der Waals surface area contributed by atoms with Gasteiger partial charge in [0.2, 0.25) is 0 Å². The lowest BCUT2D eigenvalue weighted by Crippen LogP contribution is -1.87. The van der Waals surface area contributed by atoms with Crippen LogP contribution < -0.4 is 0 Å². The molecule has 3 heteroatoms. The molecule has 0 saturated heterocycles. The van der Waals surface area contributed by atoms with Crippen LogP contribution >= 0.6 is 38.5 Å². The fraction of sp³-hybridized carbons (Fsp3) is 0.125. The third kappa shape index (κ3) is 2.02. The lowest BCUT2D eigenvalue weighted by Gasteiger charge is -2.01. The van der Waals surface area contributed by atoms with Crippen molar-refractivity contribution in [2.45, 2.75) is 6.92 Å². The van der Waals surface area contributed by atoms with Crippen molar-refractivity contribution < 1.29 is 4.79 Å². The molecule has 0 amide bonds. The second-order valence-electron chi connectivity index (χ2n) is 2.24. The van der Waals surface area contributed by atoms with Gasteiger partial charge in [0, 0.05) is 13.6 Å². The summed E-state index contributed by atoms with van der Waals surface area (Å²) in [6, 6.07) is 3.88. The molecule has 0 radical (unpaired) electrons. The van der Waals surface area contributed by atoms with E-state index in [-0.39, 0.29) is 0 Å². The van der Waals surface area contributed by atoms with Gasteiger partial charge in [0.1, 0.15) is 0 Å². The minimum atomic E-state index is 0.717. The quantitative estimate of drug-likeness (QED) is 0.573. The van der Waals surface area contributed by atoms with E-state index in [9.17, 15) is 4.79 Å². The normalized spacial score (nSPS) is 9.73. The average molecular weight is 325 g/mol. The SMILES string of the molecule is Cc1cc(I)cc(C=O)c1Br. The first-order chi connectivity index (χ1) is 5.15. The van der Waals surface area contributed by atoms with Crippen molar-refractivity contribution in [1.82, 2.24) is 0 Å². The zero-order chi connectivity index (χ0) is 8.43. The maximum Gasteiger partial charge on any atom is 0.151 e. The van der Waals surface area contributed by atoms with E-state index in [2.05, 4.69) is 38.5 Å². The fourth-order valence-corrected chi connectivity index (χ4v) is 1.96. The molecule has 1 aromatic carbocycles. The summed E-state index contributed by atoms with van der Waals surface area (Å²) in [5, 5.41) is 0. The number of aryl methyl sites for hydroxylation is 1. The van der Waals surface area contributed by atoms with Gasteiger partial charge in [-0.2, -0.15) is 0 Å². The van der Waals surface area contributed by atoms with Crippen molar-refractivity contribution in [3.63, 3.8) is 0 Å². The molecule has 0 saturated carbocycles. The summed E-state index contributed by atoms with van der Waals surface area (Å²) in [5.41, 5.74) is 1.81. The van der Waals surface area contributed by atoms with Crippen molar-refractivity contribution in [1.29, 1.82) is 0 Å². The number of hydrogen-bond donors (Lipinski definition) is 0. The third-order valence-electron chi connectivity index (χ3n) is 1.37. The Labute approximate surface area is 87.5 Å². The van der Waals surface area contributed by atoms with Crippen LogP contribution in [0.5, 0.6) is 0 Å². The van der Waals surface area contributed by atoms with E-state index in [4.69, 9.17) is 0 Å². The zero-order valence-corrected chi connectivity index (χ0v) is 9.64. The summed E-state index contributed by atoms with van der Waals surface area (Å²) in [6.07, 6.45) is 0.860. The minimum Gasteiger partial charge on any atom is -0.298 e. The third-order valence-corrected chi connectivity index (χ3v) is 3.08. The summed E-state index contributed by atoms with van der Waals surface area (Å²) < 4.78 is 1.98. The molecule has 0 fully saturated rings.